The summed E-state index contributed by atoms with van der Waals surface area (Å²) in [4.78, 5) is 0. The SMILES string of the molecule is N#Cc1ccc2c3ccccc3n(-c3cccc4c3sc3cccc(-n5c6ccccc6c6ccccc65)c34)c2c1. The van der Waals surface area contributed by atoms with E-state index >= 15 is 0 Å². The molecule has 6 aromatic carbocycles. The fourth-order valence-electron chi connectivity index (χ4n) is 6.66. The summed E-state index contributed by atoms with van der Waals surface area (Å²) in [6, 6.07) is 47.5. The summed E-state index contributed by atoms with van der Waals surface area (Å²) in [6.45, 7) is 0. The maximum atomic E-state index is 9.71. The highest BCUT2D eigenvalue weighted by molar-refractivity contribution is 7.26. The lowest BCUT2D eigenvalue weighted by molar-refractivity contribution is 1.20. The number of thiophene rings is 1. The molecule has 0 amide bonds. The van der Waals surface area contributed by atoms with Crippen LogP contribution in [0.15, 0.2) is 127 Å². The number of para-hydroxylation sites is 3. The van der Waals surface area contributed by atoms with Crippen molar-refractivity contribution in [2.24, 2.45) is 0 Å². The molecule has 0 unspecified atom stereocenters. The summed E-state index contributed by atoms with van der Waals surface area (Å²) in [5.41, 5.74) is 7.61. The largest absolute Gasteiger partial charge is 0.309 e. The van der Waals surface area contributed by atoms with E-state index in [2.05, 4.69) is 130 Å². The second-order valence-corrected chi connectivity index (χ2v) is 11.5. The van der Waals surface area contributed by atoms with E-state index in [1.807, 2.05) is 23.5 Å². The average molecular weight is 540 g/mol. The number of benzene rings is 6. The summed E-state index contributed by atoms with van der Waals surface area (Å²) in [5.74, 6) is 0. The molecule has 0 N–H and O–H groups in total. The first-order valence-electron chi connectivity index (χ1n) is 13.7. The standard InChI is InChI=1S/C37H21N3S/c38-22-23-19-20-27-26-11-3-6-15-31(26)40(34(27)21-23)33-17-7-12-28-36-32(16-8-18-35(36)41-37(28)33)39-29-13-4-1-9-24(29)25-10-2-5-14-30(25)39/h1-21H. The molecule has 3 nitrogen and oxygen atoms in total. The van der Waals surface area contributed by atoms with Gasteiger partial charge in [-0.3, -0.25) is 0 Å². The zero-order chi connectivity index (χ0) is 27.1. The fourth-order valence-corrected chi connectivity index (χ4v) is 7.89. The van der Waals surface area contributed by atoms with Crippen LogP contribution in [0.2, 0.25) is 0 Å². The van der Waals surface area contributed by atoms with Gasteiger partial charge in [-0.15, -0.1) is 11.3 Å². The molecule has 4 heteroatoms. The lowest BCUT2D eigenvalue weighted by Gasteiger charge is -2.11. The van der Waals surface area contributed by atoms with Gasteiger partial charge in [-0.25, -0.2) is 0 Å². The molecule has 0 atom stereocenters. The van der Waals surface area contributed by atoms with Crippen molar-refractivity contribution in [3.05, 3.63) is 133 Å². The Labute approximate surface area is 239 Å². The Bertz CT molecular complexity index is 2500. The first-order chi connectivity index (χ1) is 20.3. The van der Waals surface area contributed by atoms with Crippen molar-refractivity contribution in [2.75, 3.05) is 0 Å². The van der Waals surface area contributed by atoms with E-state index in [1.54, 1.807) is 0 Å². The Kier molecular flexibility index (Phi) is 4.55. The van der Waals surface area contributed by atoms with E-state index in [-0.39, 0.29) is 0 Å². The van der Waals surface area contributed by atoms with Crippen LogP contribution in [0.1, 0.15) is 5.56 Å². The highest BCUT2D eigenvalue weighted by atomic mass is 32.1. The van der Waals surface area contributed by atoms with E-state index in [9.17, 15) is 5.26 Å². The third-order valence-electron chi connectivity index (χ3n) is 8.34. The maximum absolute atomic E-state index is 9.71. The summed E-state index contributed by atoms with van der Waals surface area (Å²) in [5, 5.41) is 17.1. The number of nitriles is 1. The molecule has 0 aliphatic rings. The smallest absolute Gasteiger partial charge is 0.0992 e. The molecule has 0 aliphatic heterocycles. The maximum Gasteiger partial charge on any atom is 0.0992 e. The highest BCUT2D eigenvalue weighted by Crippen LogP contribution is 2.44. The van der Waals surface area contributed by atoms with Gasteiger partial charge in [0.15, 0.2) is 0 Å². The first-order valence-corrected chi connectivity index (χ1v) is 14.5. The van der Waals surface area contributed by atoms with E-state index in [0.29, 0.717) is 5.56 Å². The van der Waals surface area contributed by atoms with E-state index in [0.717, 1.165) is 22.1 Å². The number of hydrogen-bond acceptors (Lipinski definition) is 2. The van der Waals surface area contributed by atoms with Crippen LogP contribution in [0.3, 0.4) is 0 Å². The molecule has 0 aliphatic carbocycles. The van der Waals surface area contributed by atoms with Crippen LogP contribution in [0.25, 0.3) is 75.2 Å². The Balaban J connectivity index is 1.42. The minimum absolute atomic E-state index is 0.665. The summed E-state index contributed by atoms with van der Waals surface area (Å²) < 4.78 is 7.25. The highest BCUT2D eigenvalue weighted by Gasteiger charge is 2.20. The molecule has 9 rings (SSSR count). The lowest BCUT2D eigenvalue weighted by atomic mass is 10.1. The second-order valence-electron chi connectivity index (χ2n) is 10.5. The lowest BCUT2D eigenvalue weighted by Crippen LogP contribution is -1.95. The molecule has 0 fully saturated rings. The Morgan fingerprint density at radius 3 is 1.68 bits per heavy atom. The van der Waals surface area contributed by atoms with Crippen molar-refractivity contribution in [3.63, 3.8) is 0 Å². The molecule has 9 aromatic rings. The van der Waals surface area contributed by atoms with Crippen molar-refractivity contribution >= 4 is 75.1 Å². The van der Waals surface area contributed by atoms with Crippen LogP contribution in [-0.2, 0) is 0 Å². The first kappa shape index (κ1) is 22.4. The quantitative estimate of drug-likeness (QED) is 0.215. The topological polar surface area (TPSA) is 33.6 Å². The monoisotopic (exact) mass is 539 g/mol. The average Bonchev–Trinajstić information content (AvgIpc) is 3.68. The van der Waals surface area contributed by atoms with Gasteiger partial charge in [0.05, 0.1) is 49.8 Å². The molecule has 190 valence electrons. The number of nitrogens with zero attached hydrogens (tertiary/aromatic N) is 3. The van der Waals surface area contributed by atoms with Crippen LogP contribution in [0, 0.1) is 11.3 Å². The van der Waals surface area contributed by atoms with Crippen LogP contribution in [0.4, 0.5) is 0 Å². The summed E-state index contributed by atoms with van der Waals surface area (Å²) in [7, 11) is 0. The Morgan fingerprint density at radius 2 is 1.02 bits per heavy atom. The Morgan fingerprint density at radius 1 is 0.488 bits per heavy atom. The second kappa shape index (κ2) is 8.32. The summed E-state index contributed by atoms with van der Waals surface area (Å²) in [6.07, 6.45) is 0. The van der Waals surface area contributed by atoms with Gasteiger partial charge in [-0.2, -0.15) is 5.26 Å². The normalized spacial score (nSPS) is 11.9. The molecule has 41 heavy (non-hydrogen) atoms. The van der Waals surface area contributed by atoms with Crippen molar-refractivity contribution < 1.29 is 0 Å². The van der Waals surface area contributed by atoms with Gasteiger partial charge in [0, 0.05) is 37.0 Å². The van der Waals surface area contributed by atoms with Gasteiger partial charge in [-0.05, 0) is 48.5 Å². The minimum Gasteiger partial charge on any atom is -0.309 e. The van der Waals surface area contributed by atoms with Gasteiger partial charge in [0.1, 0.15) is 0 Å². The summed E-state index contributed by atoms with van der Waals surface area (Å²) >= 11 is 1.84. The molecular weight excluding hydrogens is 518 g/mol. The predicted molar refractivity (Wildman–Crippen MR) is 173 cm³/mol. The number of aromatic nitrogens is 2. The van der Waals surface area contributed by atoms with E-state index in [1.165, 1.54) is 53.1 Å². The molecular formula is C37H21N3S. The van der Waals surface area contributed by atoms with Crippen LogP contribution in [0.5, 0.6) is 0 Å². The number of fused-ring (bicyclic) bond motifs is 9. The molecule has 3 aromatic heterocycles. The molecule has 3 heterocycles. The van der Waals surface area contributed by atoms with Gasteiger partial charge in [-0.1, -0.05) is 78.9 Å². The predicted octanol–water partition coefficient (Wildman–Crippen LogP) is 10.1. The van der Waals surface area contributed by atoms with Crippen molar-refractivity contribution in [1.82, 2.24) is 9.13 Å². The van der Waals surface area contributed by atoms with Gasteiger partial charge < -0.3 is 9.13 Å². The van der Waals surface area contributed by atoms with Crippen molar-refractivity contribution in [3.8, 4) is 17.4 Å². The number of hydrogen-bond donors (Lipinski definition) is 0. The van der Waals surface area contributed by atoms with E-state index < -0.39 is 0 Å². The molecule has 0 saturated carbocycles. The van der Waals surface area contributed by atoms with E-state index in [4.69, 9.17) is 0 Å². The van der Waals surface area contributed by atoms with Gasteiger partial charge in [0.25, 0.3) is 0 Å². The Hall–Kier alpha value is -5.37. The third-order valence-corrected chi connectivity index (χ3v) is 9.54. The molecule has 0 spiro atoms. The third kappa shape index (κ3) is 3.01. The van der Waals surface area contributed by atoms with Gasteiger partial charge in [0.2, 0.25) is 0 Å². The minimum atomic E-state index is 0.665. The van der Waals surface area contributed by atoms with Crippen LogP contribution < -0.4 is 0 Å². The van der Waals surface area contributed by atoms with Crippen molar-refractivity contribution in [1.29, 1.82) is 5.26 Å². The van der Waals surface area contributed by atoms with Gasteiger partial charge >= 0.3 is 0 Å². The molecule has 0 bridgehead atoms. The van der Waals surface area contributed by atoms with Crippen molar-refractivity contribution in [2.45, 2.75) is 0 Å². The zero-order valence-electron chi connectivity index (χ0n) is 21.9. The number of rotatable bonds is 2. The van der Waals surface area contributed by atoms with Crippen LogP contribution in [-0.4, -0.2) is 9.13 Å². The zero-order valence-corrected chi connectivity index (χ0v) is 22.7. The van der Waals surface area contributed by atoms with Crippen LogP contribution >= 0.6 is 11.3 Å². The molecule has 0 saturated heterocycles. The fraction of sp³-hybridized carbons (Fsp3) is 0. The molecule has 0 radical (unpaired) electrons.